The molecule has 6 fully saturated rings. The second kappa shape index (κ2) is 29.1. The van der Waals surface area contributed by atoms with Gasteiger partial charge in [-0.3, -0.25) is 43.2 Å². The summed E-state index contributed by atoms with van der Waals surface area (Å²) in [5.41, 5.74) is 4.37. The van der Waals surface area contributed by atoms with Crippen LogP contribution in [0.2, 0.25) is 0 Å². The molecule has 14 atom stereocenters. The van der Waals surface area contributed by atoms with Crippen LogP contribution in [0.15, 0.2) is 4.40 Å². The number of primary amides is 1. The lowest BCUT2D eigenvalue weighted by Crippen LogP contribution is -2.61. The summed E-state index contributed by atoms with van der Waals surface area (Å²) in [6, 6.07) is -8.69. The molecule has 2 aliphatic carbocycles. The van der Waals surface area contributed by atoms with E-state index in [1.54, 1.807) is 48.5 Å². The fourth-order valence-corrected chi connectivity index (χ4v) is 14.4. The average Bonchev–Trinajstić information content (AvgIpc) is 1.53. The number of alkyl halides is 12. The van der Waals surface area contributed by atoms with E-state index in [4.69, 9.17) is 5.73 Å². The third-order valence-corrected chi connectivity index (χ3v) is 20.9. The Morgan fingerprint density at radius 3 is 1.35 bits per heavy atom. The number of piperidine rings is 2. The van der Waals surface area contributed by atoms with Gasteiger partial charge in [-0.2, -0.15) is 61.8 Å². The molecule has 92 heavy (non-hydrogen) atoms. The van der Waals surface area contributed by atoms with Gasteiger partial charge in [0.15, 0.2) is 6.08 Å². The molecule has 0 aromatic rings. The number of quaternary nitrogens is 1. The van der Waals surface area contributed by atoms with Crippen molar-refractivity contribution >= 4 is 69.5 Å². The summed E-state index contributed by atoms with van der Waals surface area (Å²) >= 11 is 0. The monoisotopic (exact) mass is 1360 g/mol. The van der Waals surface area contributed by atoms with E-state index in [2.05, 4.69) is 30.4 Å². The number of nitriles is 1. The molecule has 4 saturated heterocycles. The summed E-state index contributed by atoms with van der Waals surface area (Å²) in [4.78, 5) is 114. The smallest absolute Gasteiger partial charge is 0.471 e. The molecule has 4 heterocycles. The van der Waals surface area contributed by atoms with E-state index < -0.39 is 178 Å². The zero-order valence-electron chi connectivity index (χ0n) is 51.8. The molecule has 25 nitrogen and oxygen atoms in total. The third-order valence-electron chi connectivity index (χ3n) is 18.7. The van der Waals surface area contributed by atoms with Crippen LogP contribution in [0.5, 0.6) is 0 Å². The lowest BCUT2D eigenvalue weighted by atomic mass is 9.92. The van der Waals surface area contributed by atoms with Gasteiger partial charge in [0.1, 0.15) is 36.3 Å². The van der Waals surface area contributed by atoms with Crippen LogP contribution in [0.25, 0.3) is 0 Å². The highest BCUT2D eigenvalue weighted by atomic mass is 32.2. The van der Waals surface area contributed by atoms with E-state index in [1.165, 1.54) is 10.6 Å². The molecule has 0 aromatic heterocycles. The first-order valence-corrected chi connectivity index (χ1v) is 30.8. The average molecular weight is 1360 g/mol. The highest BCUT2D eigenvalue weighted by molar-refractivity contribution is 7.84. The van der Waals surface area contributed by atoms with Crippen molar-refractivity contribution in [2.24, 2.45) is 68.3 Å². The highest BCUT2D eigenvalue weighted by Crippen LogP contribution is 2.66. The van der Waals surface area contributed by atoms with Crippen molar-refractivity contribution in [3.63, 3.8) is 0 Å². The van der Waals surface area contributed by atoms with Gasteiger partial charge in [-0.1, -0.05) is 45.9 Å². The molecule has 0 spiro atoms. The number of carbonyl (C=O) groups is 9. The first-order valence-electron chi connectivity index (χ1n) is 29.4. The molecule has 4 unspecified atom stereocenters. The minimum Gasteiger partial charge on any atom is -0.603 e. The van der Waals surface area contributed by atoms with Gasteiger partial charge in [0, 0.05) is 38.0 Å². The zero-order valence-corrected chi connectivity index (χ0v) is 52.7. The molecular weight excluding hydrogens is 1280 g/mol. The SMILES string of the molecule is CCC(C(NC(=O)C(F)(F)F)C(=O)N1C[C@H]2[C@@H]([C@H]1C(=O)N[C@@H](C[C@@H]1CCNC1=O)C(N)=O)C2(C)C)C(F)(F)F.CCC(C(NC(=O)C(F)(F)F)C(=O)N1C[C@H]2[C@@H]([C@H]1C(=O)N[C@H](C#N)C[C@@H]1CCNC1=O)C2(C)C)C(F)(F)F.CC[N+](CC)(CC)S(=O)(=O)N=C([O-])OC. The van der Waals surface area contributed by atoms with Crippen LogP contribution in [0, 0.1) is 69.5 Å². The highest BCUT2D eigenvalue weighted by Gasteiger charge is 2.72. The Labute approximate surface area is 522 Å². The standard InChI is InChI=1S/C23H31F6N5O5.C23H29F6N5O4.C8H18N2O4S/c1-4-10(22(24,25)26)14(33-20(39)23(27,28)29)19(38)34-8-11-13(21(11,2)3)15(34)18(37)32-12(16(30)35)7-9-5-6-31-17(9)36;1-4-12(22(24,25)26)15(33-20(38)23(27,28)29)19(37)34-9-13-14(21(13,2)3)16(34)18(36)32-11(8-30)7-10-5-6-31-17(10)35;1-5-10(6-2,7-3)15(12,13)9-8(11)14-4/h9-15H,4-8H2,1-3H3,(H2,30,35)(H,31,36)(H,32,37)(H,33,39);10-16H,4-7,9H2,1-3H3,(H,31,35)(H,32,36)(H,33,38);5-7H2,1-4H3/t9-,10?,11-,12-,13-,14?,15-;10-,11-,12?,13-,14-,15?,16-;/m00./s1. The molecule has 6 aliphatic rings. The molecule has 38 heteroatoms. The lowest BCUT2D eigenvalue weighted by molar-refractivity contribution is -0.800. The predicted octanol–water partition coefficient (Wildman–Crippen LogP) is 1.71. The van der Waals surface area contributed by atoms with E-state index in [-0.39, 0.29) is 53.5 Å². The summed E-state index contributed by atoms with van der Waals surface area (Å²) in [5.74, 6) is -20.1. The molecule has 0 aromatic carbocycles. The predicted molar refractivity (Wildman–Crippen MR) is 294 cm³/mol. The Morgan fingerprint density at radius 2 is 1.05 bits per heavy atom. The van der Waals surface area contributed by atoms with Gasteiger partial charge in [0.2, 0.25) is 41.4 Å². The summed E-state index contributed by atoms with van der Waals surface area (Å²) in [7, 11) is -2.76. The number of nitrogens with two attached hydrogens (primary N) is 1. The van der Waals surface area contributed by atoms with Crippen molar-refractivity contribution < 1.29 is 118 Å². The van der Waals surface area contributed by atoms with E-state index in [0.717, 1.165) is 30.8 Å². The summed E-state index contributed by atoms with van der Waals surface area (Å²) in [5, 5.41) is 32.8. The Balaban J connectivity index is 0.000000322. The first kappa shape index (κ1) is 77.5. The lowest BCUT2D eigenvalue weighted by Gasteiger charge is -2.36. The maximum atomic E-state index is 13.7. The van der Waals surface area contributed by atoms with Gasteiger partial charge in [0.05, 0.1) is 37.5 Å². The normalized spacial score (nSPS) is 25.9. The van der Waals surface area contributed by atoms with Crippen molar-refractivity contribution in [1.82, 2.24) is 41.7 Å². The fraction of sp³-hybridized carbons (Fsp3) is 0.796. The third kappa shape index (κ3) is 17.3. The molecule has 9 amide bonds. The van der Waals surface area contributed by atoms with E-state index in [1.807, 2.05) is 6.07 Å². The molecular formula is C54H78F12N12O13S. The van der Waals surface area contributed by atoms with E-state index >= 15 is 0 Å². The van der Waals surface area contributed by atoms with Crippen molar-refractivity contribution in [2.75, 3.05) is 52.9 Å². The van der Waals surface area contributed by atoms with Gasteiger partial charge >= 0.3 is 46.7 Å². The summed E-state index contributed by atoms with van der Waals surface area (Å²) in [6.45, 7) is 15.8. The van der Waals surface area contributed by atoms with Crippen LogP contribution in [0.4, 0.5) is 52.7 Å². The number of fused-ring (bicyclic) bond motifs is 2. The van der Waals surface area contributed by atoms with Gasteiger partial charge in [-0.25, -0.2) is 0 Å². The van der Waals surface area contributed by atoms with Crippen LogP contribution in [-0.4, -0.2) is 195 Å². The fourth-order valence-electron chi connectivity index (χ4n) is 13.0. The minimum absolute atomic E-state index is 0.0253. The largest absolute Gasteiger partial charge is 0.603 e. The number of ether oxygens (including phenoxy) is 1. The van der Waals surface area contributed by atoms with Gasteiger partial charge in [-0.05, 0) is 101 Å². The Morgan fingerprint density at radius 1 is 0.685 bits per heavy atom. The second-order valence-corrected chi connectivity index (χ2v) is 26.3. The molecule has 6 rings (SSSR count). The van der Waals surface area contributed by atoms with Crippen LogP contribution < -0.4 is 42.7 Å². The number of likely N-dealkylation sites (tertiary alicyclic amines) is 2. The minimum atomic E-state index is -5.56. The van der Waals surface area contributed by atoms with Crippen LogP contribution in [0.3, 0.4) is 0 Å². The maximum Gasteiger partial charge on any atom is 0.471 e. The zero-order chi connectivity index (χ0) is 70.6. The van der Waals surface area contributed by atoms with Crippen molar-refractivity contribution in [1.29, 1.82) is 5.26 Å². The van der Waals surface area contributed by atoms with Gasteiger partial charge < -0.3 is 57.3 Å². The molecule has 4 aliphatic heterocycles. The number of methoxy groups -OCH3 is 1. The van der Waals surface area contributed by atoms with Crippen LogP contribution in [-0.2, 0) is 58.1 Å². The number of carbonyl (C=O) groups excluding carboxylic acids is 9. The van der Waals surface area contributed by atoms with Crippen molar-refractivity contribution in [3.8, 4) is 6.07 Å². The van der Waals surface area contributed by atoms with Crippen LogP contribution in [0.1, 0.15) is 101 Å². The second-order valence-electron chi connectivity index (χ2n) is 24.5. The maximum absolute atomic E-state index is 13.7. The number of hydrogen-bond donors (Lipinski definition) is 7. The van der Waals surface area contributed by atoms with Crippen molar-refractivity contribution in [3.05, 3.63) is 0 Å². The number of halogens is 12. The van der Waals surface area contributed by atoms with E-state index in [9.17, 15) is 115 Å². The van der Waals surface area contributed by atoms with Crippen molar-refractivity contribution in [2.45, 2.75) is 162 Å². The number of nitrogens with zero attached hydrogens (tertiary/aromatic N) is 5. The number of rotatable bonds is 22. The molecule has 0 bridgehead atoms. The van der Waals surface area contributed by atoms with Gasteiger partial charge in [-0.15, -0.1) is 8.42 Å². The van der Waals surface area contributed by atoms with E-state index in [0.29, 0.717) is 45.6 Å². The molecule has 0 radical (unpaired) electrons. The number of amides is 9. The Kier molecular flexibility index (Phi) is 24.6. The molecule has 2 saturated carbocycles. The Bertz CT molecular complexity index is 2950. The quantitative estimate of drug-likeness (QED) is 0.0351. The molecule has 8 N–H and O–H groups in total. The first-order chi connectivity index (χ1) is 42.1. The topological polar surface area (TPSA) is 361 Å². The number of nitrogens with one attached hydrogen (secondary N) is 6. The summed E-state index contributed by atoms with van der Waals surface area (Å²) < 4.78 is 191. The molecule has 522 valence electrons. The van der Waals surface area contributed by atoms with Crippen LogP contribution >= 0.6 is 0 Å². The van der Waals surface area contributed by atoms with Gasteiger partial charge in [0.25, 0.3) is 0 Å². The number of hydrogen-bond acceptors (Lipinski definition) is 14. The summed E-state index contributed by atoms with van der Waals surface area (Å²) in [6.07, 6.45) is -23.4. The Hall–Kier alpha value is -6.94.